The maximum absolute atomic E-state index is 12.0. The van der Waals surface area contributed by atoms with E-state index in [1.807, 2.05) is 0 Å². The Morgan fingerprint density at radius 3 is 2.70 bits per heavy atom. The van der Waals surface area contributed by atoms with E-state index in [0.29, 0.717) is 12.1 Å². The summed E-state index contributed by atoms with van der Waals surface area (Å²) in [5.74, 6) is -0.202. The fraction of sp³-hybridized carbons (Fsp3) is 0.933. The number of carbonyl (C=O) groups is 1. The highest BCUT2D eigenvalue weighted by molar-refractivity contribution is 5.85. The van der Waals surface area contributed by atoms with Crippen molar-refractivity contribution >= 4 is 5.91 Å². The van der Waals surface area contributed by atoms with Gasteiger partial charge >= 0.3 is 0 Å². The molecular formula is C15H29N3O2. The SMILES string of the molecule is CC(C)NC1(C(N)=O)CCCC(N(C)C2CCOC2)C1. The van der Waals surface area contributed by atoms with Crippen LogP contribution in [0.1, 0.15) is 46.0 Å². The molecule has 116 valence electrons. The Kier molecular flexibility index (Phi) is 5.04. The number of likely N-dealkylation sites (N-methyl/N-ethyl adjacent to an activating group) is 1. The number of rotatable bonds is 5. The smallest absolute Gasteiger partial charge is 0.237 e. The van der Waals surface area contributed by atoms with Gasteiger partial charge in [-0.15, -0.1) is 0 Å². The zero-order chi connectivity index (χ0) is 14.8. The second-order valence-electron chi connectivity index (χ2n) is 6.68. The first kappa shape index (κ1) is 15.7. The van der Waals surface area contributed by atoms with Crippen LogP contribution in [0.3, 0.4) is 0 Å². The van der Waals surface area contributed by atoms with E-state index in [1.165, 1.54) is 0 Å². The molecule has 1 saturated carbocycles. The van der Waals surface area contributed by atoms with E-state index in [1.54, 1.807) is 0 Å². The first-order chi connectivity index (χ1) is 9.44. The third-order valence-corrected chi connectivity index (χ3v) is 4.82. The lowest BCUT2D eigenvalue weighted by Crippen LogP contribution is -2.62. The summed E-state index contributed by atoms with van der Waals surface area (Å²) in [6.45, 7) is 5.81. The summed E-state index contributed by atoms with van der Waals surface area (Å²) in [4.78, 5) is 14.4. The molecule has 3 N–H and O–H groups in total. The van der Waals surface area contributed by atoms with Gasteiger partial charge in [0.2, 0.25) is 5.91 Å². The molecule has 1 aliphatic carbocycles. The molecular weight excluding hydrogens is 254 g/mol. The van der Waals surface area contributed by atoms with Crippen LogP contribution in [-0.2, 0) is 9.53 Å². The van der Waals surface area contributed by atoms with Gasteiger partial charge in [0.1, 0.15) is 0 Å². The average molecular weight is 283 g/mol. The minimum atomic E-state index is -0.537. The number of ether oxygens (including phenoxy) is 1. The van der Waals surface area contributed by atoms with Gasteiger partial charge in [0.15, 0.2) is 0 Å². The summed E-state index contributed by atoms with van der Waals surface area (Å²) in [5, 5.41) is 3.44. The van der Waals surface area contributed by atoms with Gasteiger partial charge in [0.25, 0.3) is 0 Å². The van der Waals surface area contributed by atoms with Crippen molar-refractivity contribution in [1.29, 1.82) is 0 Å². The van der Waals surface area contributed by atoms with Crippen LogP contribution in [0.15, 0.2) is 0 Å². The van der Waals surface area contributed by atoms with Gasteiger partial charge in [-0.2, -0.15) is 0 Å². The molecule has 3 unspecified atom stereocenters. The maximum atomic E-state index is 12.0. The Hall–Kier alpha value is -0.650. The molecule has 3 atom stereocenters. The average Bonchev–Trinajstić information content (AvgIpc) is 2.91. The van der Waals surface area contributed by atoms with Gasteiger partial charge in [-0.3, -0.25) is 9.69 Å². The second-order valence-corrected chi connectivity index (χ2v) is 6.68. The van der Waals surface area contributed by atoms with Gasteiger partial charge in [-0.05, 0) is 53.0 Å². The fourth-order valence-corrected chi connectivity index (χ4v) is 3.71. The Bertz CT molecular complexity index is 342. The van der Waals surface area contributed by atoms with Crippen LogP contribution in [-0.4, -0.2) is 54.7 Å². The topological polar surface area (TPSA) is 67.6 Å². The van der Waals surface area contributed by atoms with E-state index in [2.05, 4.69) is 31.1 Å². The highest BCUT2D eigenvalue weighted by Crippen LogP contribution is 2.33. The number of nitrogens with zero attached hydrogens (tertiary/aromatic N) is 1. The summed E-state index contributed by atoms with van der Waals surface area (Å²) in [6, 6.07) is 1.17. The number of nitrogens with one attached hydrogen (secondary N) is 1. The first-order valence-corrected chi connectivity index (χ1v) is 7.82. The molecule has 0 aromatic carbocycles. The summed E-state index contributed by atoms with van der Waals surface area (Å²) in [7, 11) is 2.16. The highest BCUT2D eigenvalue weighted by Gasteiger charge is 2.43. The van der Waals surface area contributed by atoms with Crippen LogP contribution in [0, 0.1) is 0 Å². The molecule has 0 radical (unpaired) electrons. The lowest BCUT2D eigenvalue weighted by atomic mass is 9.77. The van der Waals surface area contributed by atoms with Crippen molar-refractivity contribution in [2.45, 2.75) is 69.6 Å². The van der Waals surface area contributed by atoms with Gasteiger partial charge < -0.3 is 15.8 Å². The number of amides is 1. The molecule has 0 spiro atoms. The molecule has 1 saturated heterocycles. The largest absolute Gasteiger partial charge is 0.380 e. The van der Waals surface area contributed by atoms with Crippen LogP contribution in [0.25, 0.3) is 0 Å². The molecule has 20 heavy (non-hydrogen) atoms. The van der Waals surface area contributed by atoms with Crippen molar-refractivity contribution in [1.82, 2.24) is 10.2 Å². The van der Waals surface area contributed by atoms with Crippen LogP contribution >= 0.6 is 0 Å². The third-order valence-electron chi connectivity index (χ3n) is 4.82. The summed E-state index contributed by atoms with van der Waals surface area (Å²) < 4.78 is 5.48. The molecule has 1 heterocycles. The predicted molar refractivity (Wildman–Crippen MR) is 79.4 cm³/mol. The zero-order valence-corrected chi connectivity index (χ0v) is 13.0. The van der Waals surface area contributed by atoms with Crippen LogP contribution in [0.4, 0.5) is 0 Å². The zero-order valence-electron chi connectivity index (χ0n) is 13.0. The van der Waals surface area contributed by atoms with E-state index in [0.717, 1.165) is 45.3 Å². The number of hydrogen-bond acceptors (Lipinski definition) is 4. The Morgan fingerprint density at radius 1 is 1.40 bits per heavy atom. The van der Waals surface area contributed by atoms with Crippen molar-refractivity contribution < 1.29 is 9.53 Å². The van der Waals surface area contributed by atoms with Crippen molar-refractivity contribution in [3.8, 4) is 0 Å². The van der Waals surface area contributed by atoms with Gasteiger partial charge in [0, 0.05) is 24.7 Å². The highest BCUT2D eigenvalue weighted by atomic mass is 16.5. The van der Waals surface area contributed by atoms with Gasteiger partial charge in [-0.1, -0.05) is 0 Å². The van der Waals surface area contributed by atoms with Crippen LogP contribution < -0.4 is 11.1 Å². The molecule has 2 aliphatic rings. The lowest BCUT2D eigenvalue weighted by Gasteiger charge is -2.44. The van der Waals surface area contributed by atoms with Crippen LogP contribution in [0.5, 0.6) is 0 Å². The Morgan fingerprint density at radius 2 is 2.15 bits per heavy atom. The quantitative estimate of drug-likeness (QED) is 0.786. The Balaban J connectivity index is 2.06. The van der Waals surface area contributed by atoms with Crippen molar-refractivity contribution in [3.63, 3.8) is 0 Å². The molecule has 2 rings (SSSR count). The molecule has 0 aromatic rings. The van der Waals surface area contributed by atoms with Crippen molar-refractivity contribution in [2.75, 3.05) is 20.3 Å². The van der Waals surface area contributed by atoms with E-state index >= 15 is 0 Å². The number of carbonyl (C=O) groups excluding carboxylic acids is 1. The molecule has 1 amide bonds. The summed E-state index contributed by atoms with van der Waals surface area (Å²) in [5.41, 5.74) is 5.18. The third kappa shape index (κ3) is 3.32. The predicted octanol–water partition coefficient (Wildman–Crippen LogP) is 0.872. The minimum Gasteiger partial charge on any atom is -0.380 e. The van der Waals surface area contributed by atoms with Gasteiger partial charge in [0.05, 0.1) is 12.1 Å². The van der Waals surface area contributed by atoms with Crippen LogP contribution in [0.2, 0.25) is 0 Å². The lowest BCUT2D eigenvalue weighted by molar-refractivity contribution is -0.127. The fourth-order valence-electron chi connectivity index (χ4n) is 3.71. The van der Waals surface area contributed by atoms with E-state index in [4.69, 9.17) is 10.5 Å². The van der Waals surface area contributed by atoms with E-state index in [9.17, 15) is 4.79 Å². The second kappa shape index (κ2) is 6.41. The number of nitrogens with two attached hydrogens (primary N) is 1. The van der Waals surface area contributed by atoms with Gasteiger partial charge in [-0.25, -0.2) is 0 Å². The number of primary amides is 1. The summed E-state index contributed by atoms with van der Waals surface area (Å²) in [6.07, 6.45) is 4.95. The first-order valence-electron chi connectivity index (χ1n) is 7.82. The standard InChI is InChI=1S/C15H29N3O2/c1-11(2)17-15(14(16)19)7-4-5-12(9-15)18(3)13-6-8-20-10-13/h11-13,17H,4-10H2,1-3H3,(H2,16,19). The van der Waals surface area contributed by atoms with E-state index < -0.39 is 5.54 Å². The molecule has 0 aromatic heterocycles. The molecule has 5 nitrogen and oxygen atoms in total. The normalized spacial score (nSPS) is 34.9. The Labute approximate surface area is 122 Å². The summed E-state index contributed by atoms with van der Waals surface area (Å²) >= 11 is 0. The maximum Gasteiger partial charge on any atom is 0.237 e. The monoisotopic (exact) mass is 283 g/mol. The van der Waals surface area contributed by atoms with Crippen molar-refractivity contribution in [2.24, 2.45) is 5.73 Å². The molecule has 2 fully saturated rings. The molecule has 1 aliphatic heterocycles. The molecule has 0 bridgehead atoms. The van der Waals surface area contributed by atoms with Crippen molar-refractivity contribution in [3.05, 3.63) is 0 Å². The minimum absolute atomic E-state index is 0.202. The molecule has 5 heteroatoms. The van der Waals surface area contributed by atoms with E-state index in [-0.39, 0.29) is 11.9 Å². The number of hydrogen-bond donors (Lipinski definition) is 2.